The Morgan fingerprint density at radius 2 is 2.07 bits per heavy atom. The highest BCUT2D eigenvalue weighted by atomic mass is 16.5. The maximum Gasteiger partial charge on any atom is 0.0670 e. The lowest BCUT2D eigenvalue weighted by molar-refractivity contribution is 0.0620. The molecule has 1 N–H and O–H groups in total. The van der Waals surface area contributed by atoms with Gasteiger partial charge in [-0.3, -0.25) is 0 Å². The van der Waals surface area contributed by atoms with E-state index in [0.29, 0.717) is 6.10 Å². The minimum absolute atomic E-state index is 0.374. The smallest absolute Gasteiger partial charge is 0.0670 e. The van der Waals surface area contributed by atoms with E-state index in [1.54, 1.807) is 7.11 Å². The average Bonchev–Trinajstić information content (AvgIpc) is 2.28. The lowest BCUT2D eigenvalue weighted by atomic mass is 9.93. The summed E-state index contributed by atoms with van der Waals surface area (Å²) in [5.41, 5.74) is 0. The molecule has 1 heterocycles. The summed E-state index contributed by atoms with van der Waals surface area (Å²) in [7, 11) is 3.83. The zero-order valence-corrected chi connectivity index (χ0v) is 10.5. The first-order valence-electron chi connectivity index (χ1n) is 6.16. The lowest BCUT2D eigenvalue weighted by Crippen LogP contribution is -2.39. The molecule has 3 nitrogen and oxygen atoms in total. The van der Waals surface area contributed by atoms with Crippen molar-refractivity contribution < 1.29 is 4.74 Å². The van der Waals surface area contributed by atoms with Crippen LogP contribution in [0.4, 0.5) is 0 Å². The number of nitrogens with zero attached hydrogens (tertiary/aromatic N) is 1. The van der Waals surface area contributed by atoms with Crippen LogP contribution in [0.5, 0.6) is 0 Å². The summed E-state index contributed by atoms with van der Waals surface area (Å²) in [6.07, 6.45) is 4.43. The van der Waals surface area contributed by atoms with Gasteiger partial charge in [0.2, 0.25) is 0 Å². The van der Waals surface area contributed by atoms with Crippen molar-refractivity contribution in [3.05, 3.63) is 0 Å². The normalized spacial score (nSPS) is 21.8. The molecule has 1 saturated heterocycles. The highest BCUT2D eigenvalue weighted by Crippen LogP contribution is 2.20. The van der Waals surface area contributed by atoms with E-state index in [-0.39, 0.29) is 0 Å². The Kier molecular flexibility index (Phi) is 6.22. The molecule has 0 radical (unpaired) electrons. The highest BCUT2D eigenvalue weighted by Gasteiger charge is 2.19. The van der Waals surface area contributed by atoms with Crippen molar-refractivity contribution in [1.29, 1.82) is 0 Å². The van der Waals surface area contributed by atoms with Crippen LogP contribution in [-0.2, 0) is 4.74 Å². The Morgan fingerprint density at radius 1 is 1.40 bits per heavy atom. The summed E-state index contributed by atoms with van der Waals surface area (Å²) in [6.45, 7) is 6.91. The monoisotopic (exact) mass is 214 g/mol. The van der Waals surface area contributed by atoms with Crippen molar-refractivity contribution in [3.8, 4) is 0 Å². The number of methoxy groups -OCH3 is 1. The van der Waals surface area contributed by atoms with E-state index in [4.69, 9.17) is 4.74 Å². The Hall–Kier alpha value is -0.120. The summed E-state index contributed by atoms with van der Waals surface area (Å²) in [5.74, 6) is 0.937. The third-order valence-corrected chi connectivity index (χ3v) is 3.43. The Bertz CT molecular complexity index is 156. The molecule has 0 amide bonds. The summed E-state index contributed by atoms with van der Waals surface area (Å²) >= 11 is 0. The molecule has 0 aliphatic carbocycles. The zero-order chi connectivity index (χ0) is 11.1. The maximum atomic E-state index is 5.29. The van der Waals surface area contributed by atoms with E-state index in [1.807, 2.05) is 7.05 Å². The van der Waals surface area contributed by atoms with Gasteiger partial charge < -0.3 is 15.0 Å². The van der Waals surface area contributed by atoms with Crippen molar-refractivity contribution in [3.63, 3.8) is 0 Å². The molecule has 0 bridgehead atoms. The molecule has 0 aromatic rings. The van der Waals surface area contributed by atoms with Crippen LogP contribution in [0.15, 0.2) is 0 Å². The Labute approximate surface area is 94.2 Å². The number of rotatable bonds is 6. The quantitative estimate of drug-likeness (QED) is 0.722. The van der Waals surface area contributed by atoms with Gasteiger partial charge in [-0.1, -0.05) is 0 Å². The van der Waals surface area contributed by atoms with E-state index in [0.717, 1.165) is 12.5 Å². The molecule has 90 valence electrons. The molecule has 0 saturated carbocycles. The lowest BCUT2D eigenvalue weighted by Gasteiger charge is -2.33. The fourth-order valence-electron chi connectivity index (χ4n) is 2.24. The van der Waals surface area contributed by atoms with Crippen LogP contribution >= 0.6 is 0 Å². The Balaban J connectivity index is 2.12. The van der Waals surface area contributed by atoms with Crippen LogP contribution in [0.2, 0.25) is 0 Å². The minimum atomic E-state index is 0.374. The van der Waals surface area contributed by atoms with Gasteiger partial charge in [0.15, 0.2) is 0 Å². The van der Waals surface area contributed by atoms with Crippen LogP contribution in [0.1, 0.15) is 26.2 Å². The molecular weight excluding hydrogens is 188 g/mol. The number of piperidine rings is 1. The molecule has 15 heavy (non-hydrogen) atoms. The van der Waals surface area contributed by atoms with Gasteiger partial charge in [-0.15, -0.1) is 0 Å². The summed E-state index contributed by atoms with van der Waals surface area (Å²) < 4.78 is 5.29. The minimum Gasteiger partial charge on any atom is -0.380 e. The van der Waals surface area contributed by atoms with Crippen molar-refractivity contribution in [2.75, 3.05) is 40.3 Å². The van der Waals surface area contributed by atoms with Gasteiger partial charge in [0.25, 0.3) is 0 Å². The van der Waals surface area contributed by atoms with Crippen molar-refractivity contribution in [1.82, 2.24) is 10.2 Å². The Morgan fingerprint density at radius 3 is 2.60 bits per heavy atom. The van der Waals surface area contributed by atoms with Crippen LogP contribution in [0, 0.1) is 5.92 Å². The molecule has 1 rings (SSSR count). The zero-order valence-electron chi connectivity index (χ0n) is 10.5. The molecule has 0 aromatic heterocycles. The summed E-state index contributed by atoms with van der Waals surface area (Å²) in [5, 5.41) is 3.23. The van der Waals surface area contributed by atoms with E-state index in [2.05, 4.69) is 17.1 Å². The fourth-order valence-corrected chi connectivity index (χ4v) is 2.24. The van der Waals surface area contributed by atoms with Gasteiger partial charge in [0.05, 0.1) is 6.10 Å². The van der Waals surface area contributed by atoms with Crippen LogP contribution in [-0.4, -0.2) is 51.3 Å². The molecule has 0 spiro atoms. The first-order chi connectivity index (χ1) is 7.26. The van der Waals surface area contributed by atoms with E-state index in [9.17, 15) is 0 Å². The van der Waals surface area contributed by atoms with Crippen molar-refractivity contribution in [2.24, 2.45) is 5.92 Å². The van der Waals surface area contributed by atoms with Crippen LogP contribution < -0.4 is 5.32 Å². The number of hydrogen-bond donors (Lipinski definition) is 1. The van der Waals surface area contributed by atoms with Gasteiger partial charge in [-0.2, -0.15) is 0 Å². The van der Waals surface area contributed by atoms with Gasteiger partial charge >= 0.3 is 0 Å². The molecular formula is C12H26N2O. The summed E-state index contributed by atoms with van der Waals surface area (Å²) in [4.78, 5) is 2.53. The molecule has 1 aliphatic rings. The molecule has 1 atom stereocenters. The van der Waals surface area contributed by atoms with Gasteiger partial charge in [-0.25, -0.2) is 0 Å². The number of likely N-dealkylation sites (tertiary alicyclic amines) is 1. The summed E-state index contributed by atoms with van der Waals surface area (Å²) in [6, 6.07) is 0. The van der Waals surface area contributed by atoms with Crippen LogP contribution in [0.25, 0.3) is 0 Å². The number of nitrogens with one attached hydrogen (secondary N) is 1. The molecule has 1 unspecified atom stereocenters. The third kappa shape index (κ3) is 4.96. The fraction of sp³-hybridized carbons (Fsp3) is 1.00. The molecule has 1 aliphatic heterocycles. The predicted octanol–water partition coefficient (Wildman–Crippen LogP) is 1.34. The second kappa shape index (κ2) is 7.20. The molecule has 3 heteroatoms. The maximum absolute atomic E-state index is 5.29. The molecule has 0 aromatic carbocycles. The van der Waals surface area contributed by atoms with Gasteiger partial charge in [0, 0.05) is 13.7 Å². The van der Waals surface area contributed by atoms with Gasteiger partial charge in [0.1, 0.15) is 0 Å². The highest BCUT2D eigenvalue weighted by molar-refractivity contribution is 4.74. The van der Waals surface area contributed by atoms with Gasteiger partial charge in [-0.05, 0) is 58.8 Å². The van der Waals surface area contributed by atoms with E-state index in [1.165, 1.54) is 38.9 Å². The van der Waals surface area contributed by atoms with E-state index < -0.39 is 0 Å². The first-order valence-corrected chi connectivity index (χ1v) is 6.16. The van der Waals surface area contributed by atoms with Crippen molar-refractivity contribution in [2.45, 2.75) is 32.3 Å². The largest absolute Gasteiger partial charge is 0.380 e. The molecule has 1 fully saturated rings. The average molecular weight is 214 g/mol. The van der Waals surface area contributed by atoms with Crippen LogP contribution in [0.3, 0.4) is 0 Å². The second-order valence-electron chi connectivity index (χ2n) is 4.68. The van der Waals surface area contributed by atoms with E-state index >= 15 is 0 Å². The standard InChI is InChI=1S/C12H26N2O/c1-11(15-3)10-14-8-5-12(6-9-14)4-7-13-2/h11-13H,4-10H2,1-3H3. The SMILES string of the molecule is CNCCC1CCN(CC(C)OC)CC1. The predicted molar refractivity (Wildman–Crippen MR) is 64.2 cm³/mol. The topological polar surface area (TPSA) is 24.5 Å². The van der Waals surface area contributed by atoms with Crippen molar-refractivity contribution >= 4 is 0 Å². The second-order valence-corrected chi connectivity index (χ2v) is 4.68. The third-order valence-electron chi connectivity index (χ3n) is 3.43. The first kappa shape index (κ1) is 12.9. The number of hydrogen-bond acceptors (Lipinski definition) is 3. The number of ether oxygens (including phenoxy) is 1.